The maximum atomic E-state index is 12.4. The van der Waals surface area contributed by atoms with Crippen molar-refractivity contribution < 1.29 is 13.2 Å². The summed E-state index contributed by atoms with van der Waals surface area (Å²) in [5.74, 6) is -0.111. The van der Waals surface area contributed by atoms with E-state index in [2.05, 4.69) is 4.98 Å². The standard InChI is InChI=1S/C14H17N3O5S/c1-4-5-12(18)9-7-10-11(6-8(9)2)15-14(20)17(13(10)19)16-23(3,21)22/h6-7,16H,4-5H2,1-3H3,(H,15,20). The Labute approximate surface area is 132 Å². The number of hydrogen-bond acceptors (Lipinski definition) is 5. The van der Waals surface area contributed by atoms with Gasteiger partial charge in [-0.2, -0.15) is 4.68 Å². The van der Waals surface area contributed by atoms with Crippen LogP contribution in [0, 0.1) is 6.92 Å². The van der Waals surface area contributed by atoms with Gasteiger partial charge in [0.1, 0.15) is 0 Å². The number of aromatic nitrogens is 2. The normalized spacial score (nSPS) is 11.6. The lowest BCUT2D eigenvalue weighted by Crippen LogP contribution is -2.43. The van der Waals surface area contributed by atoms with Crippen molar-refractivity contribution in [2.75, 3.05) is 11.1 Å². The summed E-state index contributed by atoms with van der Waals surface area (Å²) in [4.78, 5) is 40.6. The molecule has 0 atom stereocenters. The van der Waals surface area contributed by atoms with Crippen LogP contribution in [-0.4, -0.2) is 30.1 Å². The summed E-state index contributed by atoms with van der Waals surface area (Å²) in [7, 11) is -3.81. The molecule has 0 unspecified atom stereocenters. The minimum Gasteiger partial charge on any atom is -0.305 e. The molecule has 23 heavy (non-hydrogen) atoms. The van der Waals surface area contributed by atoms with Gasteiger partial charge in [-0.05, 0) is 31.0 Å². The first-order chi connectivity index (χ1) is 10.6. The molecule has 0 amide bonds. The van der Waals surface area contributed by atoms with Gasteiger partial charge >= 0.3 is 5.69 Å². The molecule has 0 saturated carbocycles. The van der Waals surface area contributed by atoms with Gasteiger partial charge in [0.25, 0.3) is 5.56 Å². The van der Waals surface area contributed by atoms with Gasteiger partial charge in [0, 0.05) is 12.0 Å². The van der Waals surface area contributed by atoms with Crippen LogP contribution >= 0.6 is 0 Å². The van der Waals surface area contributed by atoms with Gasteiger partial charge in [-0.25, -0.2) is 18.0 Å². The molecule has 0 aliphatic heterocycles. The number of nitrogens with one attached hydrogen (secondary N) is 2. The molecule has 8 nitrogen and oxygen atoms in total. The Bertz CT molecular complexity index is 1000. The van der Waals surface area contributed by atoms with E-state index in [1.165, 1.54) is 12.1 Å². The Morgan fingerprint density at radius 1 is 1.30 bits per heavy atom. The fraction of sp³-hybridized carbons (Fsp3) is 0.357. The van der Waals surface area contributed by atoms with Gasteiger partial charge in [-0.1, -0.05) is 6.92 Å². The molecular weight excluding hydrogens is 322 g/mol. The molecule has 0 fully saturated rings. The van der Waals surface area contributed by atoms with Gasteiger partial charge in [-0.15, -0.1) is 0 Å². The molecule has 1 aromatic heterocycles. The number of H-pyrrole nitrogens is 1. The number of sulfonamides is 1. The lowest BCUT2D eigenvalue weighted by Gasteiger charge is -2.10. The summed E-state index contributed by atoms with van der Waals surface area (Å²) < 4.78 is 22.9. The van der Waals surface area contributed by atoms with E-state index in [1.54, 1.807) is 6.92 Å². The zero-order chi connectivity index (χ0) is 17.4. The lowest BCUT2D eigenvalue weighted by molar-refractivity contribution is 0.0981. The highest BCUT2D eigenvalue weighted by Crippen LogP contribution is 2.17. The topological polar surface area (TPSA) is 118 Å². The first kappa shape index (κ1) is 16.9. The summed E-state index contributed by atoms with van der Waals surface area (Å²) in [6.45, 7) is 3.58. The van der Waals surface area contributed by atoms with E-state index >= 15 is 0 Å². The molecule has 0 bridgehead atoms. The average molecular weight is 339 g/mol. The average Bonchev–Trinajstić information content (AvgIpc) is 2.42. The van der Waals surface area contributed by atoms with E-state index in [0.29, 0.717) is 28.6 Å². The number of nitrogens with zero attached hydrogens (tertiary/aromatic N) is 1. The zero-order valence-corrected chi connectivity index (χ0v) is 13.8. The van der Waals surface area contributed by atoms with Crippen LogP contribution in [0.15, 0.2) is 21.7 Å². The van der Waals surface area contributed by atoms with Crippen LogP contribution in [0.4, 0.5) is 0 Å². The zero-order valence-electron chi connectivity index (χ0n) is 13.0. The van der Waals surface area contributed by atoms with Crippen molar-refractivity contribution in [2.24, 2.45) is 0 Å². The lowest BCUT2D eigenvalue weighted by atomic mass is 9.99. The van der Waals surface area contributed by atoms with E-state index in [1.807, 2.05) is 11.8 Å². The fourth-order valence-electron chi connectivity index (χ4n) is 2.28. The highest BCUT2D eigenvalue weighted by atomic mass is 32.2. The number of fused-ring (bicyclic) bond motifs is 1. The minimum absolute atomic E-state index is 0.0609. The van der Waals surface area contributed by atoms with Crippen molar-refractivity contribution in [3.63, 3.8) is 0 Å². The van der Waals surface area contributed by atoms with E-state index in [-0.39, 0.29) is 16.7 Å². The molecule has 2 aromatic rings. The van der Waals surface area contributed by atoms with Crippen molar-refractivity contribution in [3.05, 3.63) is 44.1 Å². The Morgan fingerprint density at radius 3 is 2.52 bits per heavy atom. The second-order valence-corrected chi connectivity index (χ2v) is 7.05. The number of rotatable bonds is 5. The summed E-state index contributed by atoms with van der Waals surface area (Å²) in [5, 5.41) is 0.0609. The monoisotopic (exact) mass is 339 g/mol. The SMILES string of the molecule is CCCC(=O)c1cc2c(=O)n(NS(C)(=O)=O)c(=O)[nH]c2cc1C. The smallest absolute Gasteiger partial charge is 0.305 e. The second-order valence-electron chi connectivity index (χ2n) is 5.32. The van der Waals surface area contributed by atoms with Crippen molar-refractivity contribution in [3.8, 4) is 0 Å². The van der Waals surface area contributed by atoms with Crippen LogP contribution in [0.5, 0.6) is 0 Å². The van der Waals surface area contributed by atoms with Crippen LogP contribution in [0.3, 0.4) is 0 Å². The number of aromatic amines is 1. The molecule has 0 spiro atoms. The number of ketones is 1. The third-order valence-electron chi connectivity index (χ3n) is 3.28. The number of benzene rings is 1. The highest BCUT2D eigenvalue weighted by molar-refractivity contribution is 7.91. The van der Waals surface area contributed by atoms with Gasteiger partial charge in [0.15, 0.2) is 5.78 Å². The summed E-state index contributed by atoms with van der Waals surface area (Å²) >= 11 is 0. The van der Waals surface area contributed by atoms with Crippen molar-refractivity contribution >= 4 is 26.7 Å². The molecule has 0 saturated heterocycles. The first-order valence-electron chi connectivity index (χ1n) is 6.94. The summed E-state index contributed by atoms with van der Waals surface area (Å²) in [6, 6.07) is 2.92. The van der Waals surface area contributed by atoms with Crippen LogP contribution in [-0.2, 0) is 10.0 Å². The van der Waals surface area contributed by atoms with Gasteiger partial charge < -0.3 is 4.98 Å². The molecule has 2 N–H and O–H groups in total. The largest absolute Gasteiger partial charge is 0.348 e. The van der Waals surface area contributed by atoms with Crippen LogP contribution in [0.2, 0.25) is 0 Å². The van der Waals surface area contributed by atoms with E-state index in [0.717, 1.165) is 6.26 Å². The molecule has 124 valence electrons. The summed E-state index contributed by atoms with van der Waals surface area (Å²) in [6.07, 6.45) is 1.84. The fourth-order valence-corrected chi connectivity index (χ4v) is 2.78. The van der Waals surface area contributed by atoms with Gasteiger partial charge in [0.05, 0.1) is 17.2 Å². The predicted octanol–water partition coefficient (Wildman–Crippen LogP) is 0.484. The predicted molar refractivity (Wildman–Crippen MR) is 87.0 cm³/mol. The van der Waals surface area contributed by atoms with Crippen LogP contribution in [0.25, 0.3) is 10.9 Å². The molecule has 2 rings (SSSR count). The Kier molecular flexibility index (Phi) is 4.42. The summed E-state index contributed by atoms with van der Waals surface area (Å²) in [5.41, 5.74) is -0.467. The van der Waals surface area contributed by atoms with E-state index < -0.39 is 21.3 Å². The van der Waals surface area contributed by atoms with Crippen molar-refractivity contribution in [2.45, 2.75) is 26.7 Å². The molecule has 9 heteroatoms. The third kappa shape index (κ3) is 3.50. The number of hydrogen-bond donors (Lipinski definition) is 2. The third-order valence-corrected chi connectivity index (χ3v) is 3.79. The van der Waals surface area contributed by atoms with E-state index in [4.69, 9.17) is 0 Å². The molecule has 0 radical (unpaired) electrons. The maximum Gasteiger partial charge on any atom is 0.348 e. The van der Waals surface area contributed by atoms with Crippen LogP contribution in [0.1, 0.15) is 35.7 Å². The number of carbonyl (C=O) groups excluding carboxylic acids is 1. The van der Waals surface area contributed by atoms with Crippen LogP contribution < -0.4 is 16.1 Å². The minimum atomic E-state index is -3.81. The molecule has 0 aliphatic rings. The molecular formula is C14H17N3O5S. The number of carbonyl (C=O) groups is 1. The number of aryl methyl sites for hydroxylation is 1. The second kappa shape index (κ2) is 5.99. The van der Waals surface area contributed by atoms with Crippen molar-refractivity contribution in [1.82, 2.24) is 9.66 Å². The quantitative estimate of drug-likeness (QED) is 0.768. The highest BCUT2D eigenvalue weighted by Gasteiger charge is 2.15. The van der Waals surface area contributed by atoms with Crippen molar-refractivity contribution in [1.29, 1.82) is 0 Å². The maximum absolute atomic E-state index is 12.4. The molecule has 0 aliphatic carbocycles. The van der Waals surface area contributed by atoms with Gasteiger partial charge in [-0.3, -0.25) is 9.59 Å². The Morgan fingerprint density at radius 2 is 1.96 bits per heavy atom. The number of Topliss-reactive ketones (excluding diaryl/α,β-unsaturated/α-hetero) is 1. The Balaban J connectivity index is 2.77. The molecule has 1 heterocycles. The van der Waals surface area contributed by atoms with E-state index in [9.17, 15) is 22.8 Å². The van der Waals surface area contributed by atoms with Gasteiger partial charge in [0.2, 0.25) is 10.0 Å². The first-order valence-corrected chi connectivity index (χ1v) is 8.84. The Hall–Kier alpha value is -2.42. The molecule has 1 aromatic carbocycles.